The summed E-state index contributed by atoms with van der Waals surface area (Å²) in [5.41, 5.74) is 1.75. The van der Waals surface area contributed by atoms with Crippen LogP contribution >= 0.6 is 0 Å². The summed E-state index contributed by atoms with van der Waals surface area (Å²) < 4.78 is 0. The Hall–Kier alpha value is -0.520. The van der Waals surface area contributed by atoms with E-state index in [9.17, 15) is 0 Å². The summed E-state index contributed by atoms with van der Waals surface area (Å²) in [7, 11) is 0. The van der Waals surface area contributed by atoms with Gasteiger partial charge in [0.05, 0.1) is 0 Å². The topological polar surface area (TPSA) is 0 Å². The summed E-state index contributed by atoms with van der Waals surface area (Å²) in [6.07, 6.45) is 19.8. The van der Waals surface area contributed by atoms with Gasteiger partial charge in [-0.05, 0) is 38.0 Å². The van der Waals surface area contributed by atoms with E-state index in [1.165, 1.54) is 57.8 Å². The Balaban J connectivity index is 1.97. The third-order valence-electron chi connectivity index (χ3n) is 3.66. The van der Waals surface area contributed by atoms with E-state index in [0.717, 1.165) is 5.92 Å². The highest BCUT2D eigenvalue weighted by Crippen LogP contribution is 2.32. The van der Waals surface area contributed by atoms with Gasteiger partial charge >= 0.3 is 0 Å². The minimum absolute atomic E-state index is 0.931. The van der Waals surface area contributed by atoms with Crippen molar-refractivity contribution in [1.29, 1.82) is 0 Å². The lowest BCUT2D eigenvalue weighted by Crippen LogP contribution is -2.02. The van der Waals surface area contributed by atoms with Gasteiger partial charge in [-0.1, -0.05) is 49.5 Å². The second kappa shape index (κ2) is 5.38. The van der Waals surface area contributed by atoms with E-state index in [4.69, 9.17) is 0 Å². The molecule has 0 spiro atoms. The minimum atomic E-state index is 0.931. The lowest BCUT2D eigenvalue weighted by molar-refractivity contribution is 0.509. The molecule has 1 saturated carbocycles. The zero-order chi connectivity index (χ0) is 9.64. The van der Waals surface area contributed by atoms with Crippen molar-refractivity contribution < 1.29 is 0 Å². The molecule has 0 nitrogen and oxygen atoms in total. The molecular weight excluding hydrogens is 168 g/mol. The van der Waals surface area contributed by atoms with Gasteiger partial charge < -0.3 is 0 Å². The zero-order valence-electron chi connectivity index (χ0n) is 9.17. The van der Waals surface area contributed by atoms with Crippen LogP contribution in [0.1, 0.15) is 57.8 Å². The van der Waals surface area contributed by atoms with Crippen molar-refractivity contribution in [2.24, 2.45) is 5.92 Å². The van der Waals surface area contributed by atoms with E-state index in [1.807, 2.05) is 0 Å². The van der Waals surface area contributed by atoms with Gasteiger partial charge in [-0.25, -0.2) is 0 Å². The van der Waals surface area contributed by atoms with Crippen LogP contribution in [0.2, 0.25) is 0 Å². The second-order valence-corrected chi connectivity index (χ2v) is 4.75. The molecule has 0 atom stereocenters. The summed E-state index contributed by atoms with van der Waals surface area (Å²) in [5.74, 6) is 0.931. The van der Waals surface area contributed by atoms with Crippen LogP contribution in [0.25, 0.3) is 0 Å². The normalized spacial score (nSPS) is 25.3. The third-order valence-corrected chi connectivity index (χ3v) is 3.66. The lowest BCUT2D eigenvalue weighted by atomic mass is 9.88. The Morgan fingerprint density at radius 3 is 2.50 bits per heavy atom. The standard InChI is InChI=1S/C14H22/c1-2-6-10-13(9-5-1)14-11-7-3-4-8-12-14/h1,5,9,14H,2-4,6-8,10-12H2. The Labute approximate surface area is 88.1 Å². The predicted molar refractivity (Wildman–Crippen MR) is 62.3 cm³/mol. The van der Waals surface area contributed by atoms with Gasteiger partial charge in [-0.3, -0.25) is 0 Å². The first-order chi connectivity index (χ1) is 6.97. The molecule has 2 rings (SSSR count). The molecule has 0 aromatic carbocycles. The third kappa shape index (κ3) is 2.73. The maximum absolute atomic E-state index is 2.41. The van der Waals surface area contributed by atoms with Crippen LogP contribution in [0.5, 0.6) is 0 Å². The van der Waals surface area contributed by atoms with Crippen molar-refractivity contribution in [1.82, 2.24) is 0 Å². The fraction of sp³-hybridized carbons (Fsp3) is 0.714. The first kappa shape index (κ1) is 10.0. The van der Waals surface area contributed by atoms with Crippen LogP contribution in [0.4, 0.5) is 0 Å². The quantitative estimate of drug-likeness (QED) is 0.529. The van der Waals surface area contributed by atoms with E-state index >= 15 is 0 Å². The molecule has 0 amide bonds. The highest BCUT2D eigenvalue weighted by molar-refractivity contribution is 5.17. The number of hydrogen-bond acceptors (Lipinski definition) is 0. The van der Waals surface area contributed by atoms with Crippen molar-refractivity contribution in [2.75, 3.05) is 0 Å². The van der Waals surface area contributed by atoms with Gasteiger partial charge in [0.1, 0.15) is 0 Å². The Morgan fingerprint density at radius 2 is 1.71 bits per heavy atom. The van der Waals surface area contributed by atoms with Crippen LogP contribution in [0.15, 0.2) is 23.8 Å². The summed E-state index contributed by atoms with van der Waals surface area (Å²) in [4.78, 5) is 0. The molecule has 0 bridgehead atoms. The molecule has 0 heteroatoms. The summed E-state index contributed by atoms with van der Waals surface area (Å²) in [6.45, 7) is 0. The smallest absolute Gasteiger partial charge is 0.0200 e. The molecule has 0 saturated heterocycles. The average molecular weight is 190 g/mol. The van der Waals surface area contributed by atoms with Crippen LogP contribution in [-0.2, 0) is 0 Å². The summed E-state index contributed by atoms with van der Waals surface area (Å²) >= 11 is 0. The number of rotatable bonds is 1. The molecular formula is C14H22. The van der Waals surface area contributed by atoms with E-state index in [2.05, 4.69) is 18.2 Å². The molecule has 0 aromatic rings. The van der Waals surface area contributed by atoms with E-state index in [0.29, 0.717) is 0 Å². The van der Waals surface area contributed by atoms with E-state index in [-0.39, 0.29) is 0 Å². The maximum Gasteiger partial charge on any atom is -0.0200 e. The molecule has 0 radical (unpaired) electrons. The Bertz CT molecular complexity index is 214. The van der Waals surface area contributed by atoms with Crippen molar-refractivity contribution in [2.45, 2.75) is 57.8 Å². The highest BCUT2D eigenvalue weighted by atomic mass is 14.2. The molecule has 78 valence electrons. The Morgan fingerprint density at radius 1 is 0.929 bits per heavy atom. The average Bonchev–Trinajstić information content (AvgIpc) is 2.62. The molecule has 0 heterocycles. The fourth-order valence-corrected chi connectivity index (χ4v) is 2.79. The summed E-state index contributed by atoms with van der Waals surface area (Å²) in [6, 6.07) is 0. The van der Waals surface area contributed by atoms with Crippen molar-refractivity contribution in [3.63, 3.8) is 0 Å². The fourth-order valence-electron chi connectivity index (χ4n) is 2.79. The van der Waals surface area contributed by atoms with Gasteiger partial charge in [0.25, 0.3) is 0 Å². The zero-order valence-corrected chi connectivity index (χ0v) is 9.17. The minimum Gasteiger partial charge on any atom is -0.0845 e. The van der Waals surface area contributed by atoms with Crippen molar-refractivity contribution in [3.05, 3.63) is 23.8 Å². The molecule has 0 aliphatic heterocycles. The van der Waals surface area contributed by atoms with Crippen LogP contribution < -0.4 is 0 Å². The molecule has 14 heavy (non-hydrogen) atoms. The largest absolute Gasteiger partial charge is 0.0845 e. The van der Waals surface area contributed by atoms with Gasteiger partial charge in [0, 0.05) is 0 Å². The van der Waals surface area contributed by atoms with Gasteiger partial charge in [-0.15, -0.1) is 0 Å². The Kier molecular flexibility index (Phi) is 3.85. The monoisotopic (exact) mass is 190 g/mol. The van der Waals surface area contributed by atoms with Crippen LogP contribution in [0, 0.1) is 5.92 Å². The first-order valence-corrected chi connectivity index (χ1v) is 6.32. The maximum atomic E-state index is 2.41. The van der Waals surface area contributed by atoms with Gasteiger partial charge in [-0.2, -0.15) is 0 Å². The molecule has 1 fully saturated rings. The van der Waals surface area contributed by atoms with Crippen LogP contribution in [-0.4, -0.2) is 0 Å². The molecule has 2 aliphatic rings. The number of allylic oxidation sites excluding steroid dienone is 4. The molecule has 2 aliphatic carbocycles. The SMILES string of the molecule is C1=CCCCC(C2CCCCCC2)=C1. The molecule has 0 aromatic heterocycles. The predicted octanol–water partition coefficient (Wildman–Crippen LogP) is 4.62. The molecule has 0 unspecified atom stereocenters. The summed E-state index contributed by atoms with van der Waals surface area (Å²) in [5, 5.41) is 0. The number of hydrogen-bond donors (Lipinski definition) is 0. The van der Waals surface area contributed by atoms with Crippen molar-refractivity contribution in [3.8, 4) is 0 Å². The van der Waals surface area contributed by atoms with Crippen molar-refractivity contribution >= 4 is 0 Å². The van der Waals surface area contributed by atoms with Gasteiger partial charge in [0.15, 0.2) is 0 Å². The lowest BCUT2D eigenvalue weighted by Gasteiger charge is -2.17. The second-order valence-electron chi connectivity index (χ2n) is 4.75. The highest BCUT2D eigenvalue weighted by Gasteiger charge is 2.16. The van der Waals surface area contributed by atoms with E-state index < -0.39 is 0 Å². The van der Waals surface area contributed by atoms with E-state index in [1.54, 1.807) is 5.57 Å². The molecule has 0 N–H and O–H groups in total. The van der Waals surface area contributed by atoms with Gasteiger partial charge in [0.2, 0.25) is 0 Å². The van der Waals surface area contributed by atoms with Crippen LogP contribution in [0.3, 0.4) is 0 Å². The first-order valence-electron chi connectivity index (χ1n) is 6.32.